The van der Waals surface area contributed by atoms with E-state index in [0.29, 0.717) is 0 Å². The highest BCUT2D eigenvalue weighted by Gasteiger charge is 2.32. The van der Waals surface area contributed by atoms with E-state index < -0.39 is 10.8 Å². The molecule has 4 unspecified atom stereocenters. The molecule has 2 rings (SSSR count). The summed E-state index contributed by atoms with van der Waals surface area (Å²) in [5, 5.41) is 4.13. The van der Waals surface area contributed by atoms with E-state index in [1.807, 2.05) is 0 Å². The van der Waals surface area contributed by atoms with Crippen molar-refractivity contribution in [2.75, 3.05) is 6.54 Å². The van der Waals surface area contributed by atoms with Crippen molar-refractivity contribution in [1.82, 2.24) is 5.32 Å². The lowest BCUT2D eigenvalue weighted by molar-refractivity contribution is 0.501. The number of nitrogens with one attached hydrogen (secondary N) is 1. The number of rotatable bonds is 5. The van der Waals surface area contributed by atoms with Crippen LogP contribution in [-0.2, 0) is 17.2 Å². The molecule has 1 aromatic carbocycles. The van der Waals surface area contributed by atoms with Gasteiger partial charge in [0.15, 0.2) is 0 Å². The van der Waals surface area contributed by atoms with Crippen LogP contribution in [0.3, 0.4) is 0 Å². The van der Waals surface area contributed by atoms with Crippen LogP contribution >= 0.6 is 0 Å². The van der Waals surface area contributed by atoms with Crippen LogP contribution in [0.15, 0.2) is 24.3 Å². The summed E-state index contributed by atoms with van der Waals surface area (Å²) in [6, 6.07) is 8.92. The zero-order valence-corrected chi connectivity index (χ0v) is 13.7. The monoisotopic (exact) mass is 293 g/mol. The van der Waals surface area contributed by atoms with Crippen LogP contribution < -0.4 is 5.32 Å². The van der Waals surface area contributed by atoms with Crippen LogP contribution in [0.2, 0.25) is 0 Å². The van der Waals surface area contributed by atoms with Crippen molar-refractivity contribution in [3.63, 3.8) is 0 Å². The van der Waals surface area contributed by atoms with Crippen molar-refractivity contribution < 1.29 is 4.21 Å². The van der Waals surface area contributed by atoms with E-state index in [1.165, 1.54) is 11.1 Å². The van der Waals surface area contributed by atoms with Gasteiger partial charge < -0.3 is 5.32 Å². The van der Waals surface area contributed by atoms with Gasteiger partial charge in [-0.25, -0.2) is 0 Å². The van der Waals surface area contributed by atoms with Crippen molar-refractivity contribution >= 4 is 10.8 Å². The molecule has 0 aliphatic heterocycles. The summed E-state index contributed by atoms with van der Waals surface area (Å²) in [6.45, 7) is 7.31. The molecule has 0 bridgehead atoms. The van der Waals surface area contributed by atoms with E-state index in [9.17, 15) is 4.21 Å². The van der Waals surface area contributed by atoms with Gasteiger partial charge >= 0.3 is 0 Å². The number of hydrogen-bond acceptors (Lipinski definition) is 2. The Morgan fingerprint density at radius 2 is 2.10 bits per heavy atom. The second kappa shape index (κ2) is 7.37. The third-order valence-electron chi connectivity index (χ3n) is 4.39. The van der Waals surface area contributed by atoms with Crippen molar-refractivity contribution in [3.8, 4) is 0 Å². The Balaban J connectivity index is 2.34. The first kappa shape index (κ1) is 15.7. The fourth-order valence-corrected chi connectivity index (χ4v) is 4.94. The summed E-state index contributed by atoms with van der Waals surface area (Å²) >= 11 is 0. The van der Waals surface area contributed by atoms with E-state index in [-0.39, 0.29) is 16.5 Å². The average Bonchev–Trinajstić information content (AvgIpc) is 2.66. The number of benzene rings is 1. The minimum Gasteiger partial charge on any atom is -0.309 e. The van der Waals surface area contributed by atoms with Gasteiger partial charge in [0.25, 0.3) is 0 Å². The Hall–Kier alpha value is -0.670. The number of hydrogen-bond donors (Lipinski definition) is 1. The molecule has 1 N–H and O–H groups in total. The zero-order valence-electron chi connectivity index (χ0n) is 12.9. The van der Waals surface area contributed by atoms with E-state index in [2.05, 4.69) is 50.4 Å². The van der Waals surface area contributed by atoms with E-state index in [1.54, 1.807) is 0 Å². The molecule has 1 aliphatic rings. The highest BCUT2D eigenvalue weighted by Crippen LogP contribution is 2.33. The highest BCUT2D eigenvalue weighted by molar-refractivity contribution is 7.86. The smallest absolute Gasteiger partial charge is 0.0545 e. The maximum Gasteiger partial charge on any atom is 0.0545 e. The average molecular weight is 293 g/mol. The number of aryl methyl sites for hydroxylation is 1. The Morgan fingerprint density at radius 3 is 2.80 bits per heavy atom. The lowest BCUT2D eigenvalue weighted by Crippen LogP contribution is -2.37. The summed E-state index contributed by atoms with van der Waals surface area (Å²) in [6.07, 6.45) is 4.31. The molecular weight excluding hydrogens is 266 g/mol. The summed E-state index contributed by atoms with van der Waals surface area (Å²) in [5.74, 6) is 0. The van der Waals surface area contributed by atoms with Crippen LogP contribution in [0, 0.1) is 0 Å². The van der Waals surface area contributed by atoms with Crippen molar-refractivity contribution in [2.45, 2.75) is 63.0 Å². The molecule has 0 amide bonds. The lowest BCUT2D eigenvalue weighted by Gasteiger charge is -2.29. The van der Waals surface area contributed by atoms with E-state index in [4.69, 9.17) is 0 Å². The molecular formula is C17H27NOS. The molecule has 0 fully saturated rings. The second-order valence-electron chi connectivity index (χ2n) is 5.71. The van der Waals surface area contributed by atoms with Crippen molar-refractivity contribution in [1.29, 1.82) is 0 Å². The molecule has 112 valence electrons. The molecule has 0 radical (unpaired) electrons. The fourth-order valence-electron chi connectivity index (χ4n) is 3.10. The van der Waals surface area contributed by atoms with Gasteiger partial charge in [-0.2, -0.15) is 0 Å². The van der Waals surface area contributed by atoms with Gasteiger partial charge in [-0.15, -0.1) is 0 Å². The van der Waals surface area contributed by atoms with E-state index in [0.717, 1.165) is 32.2 Å². The van der Waals surface area contributed by atoms with Crippen LogP contribution in [0.1, 0.15) is 57.2 Å². The van der Waals surface area contributed by atoms with Gasteiger partial charge in [-0.1, -0.05) is 45.0 Å². The lowest BCUT2D eigenvalue weighted by atomic mass is 9.99. The summed E-state index contributed by atoms with van der Waals surface area (Å²) in [4.78, 5) is 0. The Bertz CT molecular complexity index is 460. The molecule has 4 atom stereocenters. The third kappa shape index (κ3) is 3.32. The second-order valence-corrected chi connectivity index (χ2v) is 7.78. The topological polar surface area (TPSA) is 29.1 Å². The first-order valence-corrected chi connectivity index (χ1v) is 9.17. The molecule has 0 aromatic heterocycles. The van der Waals surface area contributed by atoms with Gasteiger partial charge in [0.1, 0.15) is 0 Å². The quantitative estimate of drug-likeness (QED) is 0.841. The minimum absolute atomic E-state index is 0.244. The standard InChI is InChI=1S/C17H27NOS/c1-4-13(3)20(19)16-12-8-10-14-9-6-7-11-15(14)17(16)18-5-2/h6-7,9,11,13,16-18H,4-5,8,10,12H2,1-3H3. The molecule has 0 spiro atoms. The summed E-state index contributed by atoms with van der Waals surface area (Å²) in [7, 11) is -0.764. The molecule has 1 aromatic rings. The minimum atomic E-state index is -0.764. The van der Waals surface area contributed by atoms with Crippen LogP contribution in [0.25, 0.3) is 0 Å². The third-order valence-corrected chi connectivity index (χ3v) is 6.62. The van der Waals surface area contributed by atoms with Gasteiger partial charge in [0, 0.05) is 22.1 Å². The van der Waals surface area contributed by atoms with Crippen LogP contribution in [0.4, 0.5) is 0 Å². The zero-order chi connectivity index (χ0) is 14.5. The molecule has 2 nitrogen and oxygen atoms in total. The molecule has 1 aliphatic carbocycles. The predicted molar refractivity (Wildman–Crippen MR) is 87.5 cm³/mol. The van der Waals surface area contributed by atoms with Gasteiger partial charge in [-0.3, -0.25) is 4.21 Å². The molecule has 3 heteroatoms. The molecule has 0 saturated heterocycles. The van der Waals surface area contributed by atoms with Gasteiger partial charge in [-0.05, 0) is 43.4 Å². The molecule has 0 saturated carbocycles. The van der Waals surface area contributed by atoms with Gasteiger partial charge in [0.05, 0.1) is 5.25 Å². The maximum absolute atomic E-state index is 12.8. The Labute approximate surface area is 125 Å². The van der Waals surface area contributed by atoms with Crippen molar-refractivity contribution in [3.05, 3.63) is 35.4 Å². The highest BCUT2D eigenvalue weighted by atomic mass is 32.2. The molecule has 0 heterocycles. The Kier molecular flexibility index (Phi) is 5.79. The van der Waals surface area contributed by atoms with Crippen molar-refractivity contribution in [2.24, 2.45) is 0 Å². The SMILES string of the molecule is CCNC1c2ccccc2CCCC1S(=O)C(C)CC. The summed E-state index contributed by atoms with van der Waals surface area (Å²) in [5.41, 5.74) is 2.80. The Morgan fingerprint density at radius 1 is 1.35 bits per heavy atom. The largest absolute Gasteiger partial charge is 0.309 e. The molecule has 20 heavy (non-hydrogen) atoms. The summed E-state index contributed by atoms with van der Waals surface area (Å²) < 4.78 is 12.8. The van der Waals surface area contributed by atoms with Crippen LogP contribution in [-0.4, -0.2) is 21.3 Å². The van der Waals surface area contributed by atoms with E-state index >= 15 is 0 Å². The predicted octanol–water partition coefficient (Wildman–Crippen LogP) is 3.59. The maximum atomic E-state index is 12.8. The number of fused-ring (bicyclic) bond motifs is 1. The van der Waals surface area contributed by atoms with Crippen LogP contribution in [0.5, 0.6) is 0 Å². The normalized spacial score (nSPS) is 25.6. The fraction of sp³-hybridized carbons (Fsp3) is 0.647. The first-order chi connectivity index (χ1) is 9.69. The van der Waals surface area contributed by atoms with Gasteiger partial charge in [0.2, 0.25) is 0 Å². The first-order valence-electron chi connectivity index (χ1n) is 7.89.